The number of carbonyl (C=O) groups excluding carboxylic acids is 1. The van der Waals surface area contributed by atoms with Crippen LogP contribution < -0.4 is 15.7 Å². The van der Waals surface area contributed by atoms with Crippen LogP contribution in [0.1, 0.15) is 30.9 Å². The van der Waals surface area contributed by atoms with Crippen molar-refractivity contribution in [3.63, 3.8) is 0 Å². The molecule has 1 aliphatic rings. The van der Waals surface area contributed by atoms with Crippen LogP contribution in [0.15, 0.2) is 46.1 Å². The molecule has 146 valence electrons. The molecule has 7 heteroatoms. The van der Waals surface area contributed by atoms with Gasteiger partial charge in [0, 0.05) is 42.5 Å². The Hall–Kier alpha value is -3.09. The molecular weight excluding hydrogens is 358 g/mol. The van der Waals surface area contributed by atoms with Gasteiger partial charge in [0.1, 0.15) is 11.3 Å². The van der Waals surface area contributed by atoms with Gasteiger partial charge in [0.05, 0.1) is 6.33 Å². The van der Waals surface area contributed by atoms with Crippen molar-refractivity contribution >= 4 is 16.9 Å². The highest BCUT2D eigenvalue weighted by Crippen LogP contribution is 2.29. The molecule has 2 heterocycles. The van der Waals surface area contributed by atoms with Gasteiger partial charge in [0.15, 0.2) is 6.10 Å². The van der Waals surface area contributed by atoms with Gasteiger partial charge < -0.3 is 19.0 Å². The number of hydrogen-bond acceptors (Lipinski definition) is 5. The predicted molar refractivity (Wildman–Crippen MR) is 104 cm³/mol. The van der Waals surface area contributed by atoms with Gasteiger partial charge in [-0.15, -0.1) is 0 Å². The third kappa shape index (κ3) is 3.78. The molecule has 28 heavy (non-hydrogen) atoms. The summed E-state index contributed by atoms with van der Waals surface area (Å²) in [7, 11) is 0. The maximum Gasteiger partial charge on any atom is 0.339 e. The Kier molecular flexibility index (Phi) is 5.14. The zero-order valence-electron chi connectivity index (χ0n) is 15.8. The van der Waals surface area contributed by atoms with Crippen LogP contribution in [0.2, 0.25) is 0 Å². The minimum atomic E-state index is -0.646. The average Bonchev–Trinajstić information content (AvgIpc) is 3.37. The van der Waals surface area contributed by atoms with Crippen LogP contribution in [-0.2, 0) is 24.2 Å². The fraction of sp³-hybridized carbons (Fsp3) is 0.381. The van der Waals surface area contributed by atoms with Gasteiger partial charge in [-0.3, -0.25) is 4.79 Å². The van der Waals surface area contributed by atoms with Gasteiger partial charge in [-0.25, -0.2) is 9.78 Å². The third-order valence-electron chi connectivity index (χ3n) is 5.08. The Morgan fingerprint density at radius 2 is 2.21 bits per heavy atom. The van der Waals surface area contributed by atoms with E-state index in [1.807, 2.05) is 22.9 Å². The second-order valence-corrected chi connectivity index (χ2v) is 7.06. The lowest BCUT2D eigenvalue weighted by atomic mass is 10.1. The summed E-state index contributed by atoms with van der Waals surface area (Å²) in [6.07, 6.45) is 8.19. The normalized spacial score (nSPS) is 14.0. The van der Waals surface area contributed by atoms with E-state index in [-0.39, 0.29) is 11.5 Å². The number of benzene rings is 1. The topological polar surface area (TPSA) is 86.4 Å². The lowest BCUT2D eigenvalue weighted by Crippen LogP contribution is -2.37. The fourth-order valence-corrected chi connectivity index (χ4v) is 3.63. The molecule has 0 bridgehead atoms. The number of aromatic nitrogens is 2. The maximum atomic E-state index is 12.3. The Bertz CT molecular complexity index is 1040. The molecule has 0 fully saturated rings. The molecule has 3 aromatic rings. The minimum Gasteiger partial charge on any atom is -0.481 e. The monoisotopic (exact) mass is 381 g/mol. The lowest BCUT2D eigenvalue weighted by molar-refractivity contribution is -0.127. The molecule has 1 N–H and O–H groups in total. The van der Waals surface area contributed by atoms with E-state index in [0.717, 1.165) is 48.7 Å². The summed E-state index contributed by atoms with van der Waals surface area (Å²) in [5.41, 5.74) is 2.13. The van der Waals surface area contributed by atoms with Crippen LogP contribution in [0.3, 0.4) is 0 Å². The summed E-state index contributed by atoms with van der Waals surface area (Å²) in [5.74, 6) is 0.329. The summed E-state index contributed by atoms with van der Waals surface area (Å²) in [4.78, 5) is 28.4. The second-order valence-electron chi connectivity index (χ2n) is 7.06. The van der Waals surface area contributed by atoms with Crippen LogP contribution in [0.5, 0.6) is 5.75 Å². The van der Waals surface area contributed by atoms with E-state index in [0.29, 0.717) is 17.9 Å². The number of rotatable bonds is 7. The van der Waals surface area contributed by atoms with Crippen LogP contribution in [-0.4, -0.2) is 28.1 Å². The number of carbonyl (C=O) groups is 1. The standard InChI is InChI=1S/C21H23N3O4/c1-14(20(25)23-8-3-10-24-11-9-22-13-24)27-15-6-7-17-16-4-2-5-18(16)21(26)28-19(17)12-15/h6-7,9,11-14H,2-5,8,10H2,1H3,(H,23,25)/t14-/m0/s1. The lowest BCUT2D eigenvalue weighted by Gasteiger charge is -2.15. The Labute approximate surface area is 162 Å². The molecule has 1 amide bonds. The van der Waals surface area contributed by atoms with Gasteiger partial charge in [0.2, 0.25) is 0 Å². The molecule has 1 aromatic carbocycles. The molecule has 0 radical (unpaired) electrons. The van der Waals surface area contributed by atoms with E-state index in [2.05, 4.69) is 10.3 Å². The van der Waals surface area contributed by atoms with Crippen LogP contribution in [0.4, 0.5) is 0 Å². The number of hydrogen-bond donors (Lipinski definition) is 1. The van der Waals surface area contributed by atoms with Crippen LogP contribution in [0.25, 0.3) is 11.0 Å². The van der Waals surface area contributed by atoms with E-state index < -0.39 is 6.10 Å². The molecule has 0 aliphatic heterocycles. The summed E-state index contributed by atoms with van der Waals surface area (Å²) in [6, 6.07) is 5.43. The second kappa shape index (κ2) is 7.88. The molecular formula is C21H23N3O4. The highest BCUT2D eigenvalue weighted by atomic mass is 16.5. The number of nitrogens with zero attached hydrogens (tertiary/aromatic N) is 2. The molecule has 0 saturated carbocycles. The minimum absolute atomic E-state index is 0.180. The van der Waals surface area contributed by atoms with Crippen molar-refractivity contribution in [2.75, 3.05) is 6.54 Å². The number of fused-ring (bicyclic) bond motifs is 3. The quantitative estimate of drug-likeness (QED) is 0.502. The van der Waals surface area contributed by atoms with Crippen molar-refractivity contribution < 1.29 is 13.9 Å². The van der Waals surface area contributed by atoms with Gasteiger partial charge in [-0.2, -0.15) is 0 Å². The number of ether oxygens (including phenoxy) is 1. The van der Waals surface area contributed by atoms with Crippen LogP contribution >= 0.6 is 0 Å². The van der Waals surface area contributed by atoms with Gasteiger partial charge >= 0.3 is 5.63 Å². The molecule has 0 unspecified atom stereocenters. The van der Waals surface area contributed by atoms with Gasteiger partial charge in [-0.1, -0.05) is 0 Å². The summed E-state index contributed by atoms with van der Waals surface area (Å²) in [5, 5.41) is 3.83. The number of aryl methyl sites for hydroxylation is 2. The van der Waals surface area contributed by atoms with E-state index in [1.165, 1.54) is 0 Å². The Morgan fingerprint density at radius 1 is 1.36 bits per heavy atom. The van der Waals surface area contributed by atoms with Crippen LogP contribution in [0, 0.1) is 0 Å². The zero-order valence-corrected chi connectivity index (χ0v) is 15.8. The largest absolute Gasteiger partial charge is 0.481 e. The SMILES string of the molecule is C[C@H](Oc1ccc2c3c(c(=O)oc2c1)CCC3)C(=O)NCCCn1ccnc1. The van der Waals surface area contributed by atoms with Crippen molar-refractivity contribution in [2.24, 2.45) is 0 Å². The Balaban J connectivity index is 1.36. The summed E-state index contributed by atoms with van der Waals surface area (Å²) < 4.78 is 13.2. The van der Waals surface area contributed by atoms with E-state index in [1.54, 1.807) is 25.5 Å². The van der Waals surface area contributed by atoms with Crippen molar-refractivity contribution in [1.82, 2.24) is 14.9 Å². The highest BCUT2D eigenvalue weighted by Gasteiger charge is 2.20. The number of imidazole rings is 1. The highest BCUT2D eigenvalue weighted by molar-refractivity contribution is 5.84. The predicted octanol–water partition coefficient (Wildman–Crippen LogP) is 2.45. The number of nitrogens with one attached hydrogen (secondary N) is 1. The molecule has 4 rings (SSSR count). The van der Waals surface area contributed by atoms with Crippen molar-refractivity contribution in [2.45, 2.75) is 45.3 Å². The molecule has 2 aromatic heterocycles. The first-order valence-corrected chi connectivity index (χ1v) is 9.60. The van der Waals surface area contributed by atoms with Gasteiger partial charge in [0.25, 0.3) is 5.91 Å². The van der Waals surface area contributed by atoms with Crippen molar-refractivity contribution in [3.05, 3.63) is 58.5 Å². The molecule has 0 spiro atoms. The first-order chi connectivity index (χ1) is 13.6. The molecule has 7 nitrogen and oxygen atoms in total. The fourth-order valence-electron chi connectivity index (χ4n) is 3.63. The molecule has 1 aliphatic carbocycles. The third-order valence-corrected chi connectivity index (χ3v) is 5.08. The first kappa shape index (κ1) is 18.3. The van der Waals surface area contributed by atoms with E-state index >= 15 is 0 Å². The van der Waals surface area contributed by atoms with Gasteiger partial charge in [-0.05, 0) is 50.3 Å². The van der Waals surface area contributed by atoms with E-state index in [9.17, 15) is 9.59 Å². The molecule has 1 atom stereocenters. The zero-order chi connectivity index (χ0) is 19.5. The Morgan fingerprint density at radius 3 is 3.04 bits per heavy atom. The molecule has 0 saturated heterocycles. The maximum absolute atomic E-state index is 12.3. The van der Waals surface area contributed by atoms with Crippen molar-refractivity contribution in [3.8, 4) is 5.75 Å². The summed E-state index contributed by atoms with van der Waals surface area (Å²) >= 11 is 0. The smallest absolute Gasteiger partial charge is 0.339 e. The summed E-state index contributed by atoms with van der Waals surface area (Å²) in [6.45, 7) is 3.06. The van der Waals surface area contributed by atoms with Crippen molar-refractivity contribution in [1.29, 1.82) is 0 Å². The van der Waals surface area contributed by atoms with E-state index in [4.69, 9.17) is 9.15 Å². The number of amides is 1. The first-order valence-electron chi connectivity index (χ1n) is 9.60. The average molecular weight is 381 g/mol.